The molecule has 19 heavy (non-hydrogen) atoms. The molecular formula is C16H28N2O. The molecule has 1 aromatic heterocycles. The van der Waals surface area contributed by atoms with E-state index in [9.17, 15) is 0 Å². The Bertz CT molecular complexity index is 331. The molecule has 2 heterocycles. The Morgan fingerprint density at radius 1 is 1.47 bits per heavy atom. The average molecular weight is 264 g/mol. The van der Waals surface area contributed by atoms with Gasteiger partial charge in [0.25, 0.3) is 0 Å². The molecule has 1 fully saturated rings. The Morgan fingerprint density at radius 3 is 3.05 bits per heavy atom. The van der Waals surface area contributed by atoms with Gasteiger partial charge >= 0.3 is 0 Å². The molecule has 0 saturated carbocycles. The van der Waals surface area contributed by atoms with E-state index in [-0.39, 0.29) is 0 Å². The second-order valence-electron chi connectivity index (χ2n) is 6.01. The lowest BCUT2D eigenvalue weighted by Crippen LogP contribution is -2.35. The van der Waals surface area contributed by atoms with E-state index in [4.69, 9.17) is 4.42 Å². The van der Waals surface area contributed by atoms with Crippen LogP contribution in [0.1, 0.15) is 38.9 Å². The maximum Gasteiger partial charge on any atom is 0.105 e. The van der Waals surface area contributed by atoms with Crippen LogP contribution in [0, 0.1) is 11.8 Å². The Kier molecular flexibility index (Phi) is 5.93. The highest BCUT2D eigenvalue weighted by atomic mass is 16.3. The van der Waals surface area contributed by atoms with Gasteiger partial charge < -0.3 is 15.1 Å². The molecule has 0 bridgehead atoms. The van der Waals surface area contributed by atoms with E-state index in [1.54, 1.807) is 6.26 Å². The molecule has 0 aliphatic carbocycles. The molecule has 0 spiro atoms. The molecule has 3 heteroatoms. The first-order valence-electron chi connectivity index (χ1n) is 7.72. The van der Waals surface area contributed by atoms with E-state index in [1.807, 2.05) is 6.07 Å². The maximum absolute atomic E-state index is 5.38. The summed E-state index contributed by atoms with van der Waals surface area (Å²) in [5, 5.41) is 7.12. The summed E-state index contributed by atoms with van der Waals surface area (Å²) in [6.07, 6.45) is 6.74. The molecule has 1 aliphatic heterocycles. The molecule has 1 aliphatic rings. The van der Waals surface area contributed by atoms with Crippen molar-refractivity contribution in [3.8, 4) is 0 Å². The standard InChI is InChI=1S/C16H28N2O/c1-13(15-5-3-8-17-12-15)7-9-18-14(2)11-16-6-4-10-19-16/h4,6,10,13-15,17-18H,3,5,7-9,11-12H2,1-2H3. The molecule has 2 N–H and O–H groups in total. The minimum Gasteiger partial charge on any atom is -0.469 e. The Labute approximate surface area is 117 Å². The lowest BCUT2D eigenvalue weighted by molar-refractivity contribution is 0.263. The van der Waals surface area contributed by atoms with Crippen LogP contribution in [0.15, 0.2) is 22.8 Å². The number of furan rings is 1. The third-order valence-corrected chi connectivity index (χ3v) is 4.32. The lowest BCUT2D eigenvalue weighted by Gasteiger charge is -2.28. The fraction of sp³-hybridized carbons (Fsp3) is 0.750. The van der Waals surface area contributed by atoms with Gasteiger partial charge in [0.1, 0.15) is 5.76 Å². The highest BCUT2D eigenvalue weighted by molar-refractivity contribution is 4.99. The van der Waals surface area contributed by atoms with E-state index in [0.29, 0.717) is 6.04 Å². The normalized spacial score (nSPS) is 23.2. The van der Waals surface area contributed by atoms with Crippen molar-refractivity contribution in [3.63, 3.8) is 0 Å². The van der Waals surface area contributed by atoms with E-state index >= 15 is 0 Å². The summed E-state index contributed by atoms with van der Waals surface area (Å²) >= 11 is 0. The van der Waals surface area contributed by atoms with Gasteiger partial charge in [-0.05, 0) is 69.8 Å². The van der Waals surface area contributed by atoms with Crippen molar-refractivity contribution in [2.45, 2.75) is 45.6 Å². The summed E-state index contributed by atoms with van der Waals surface area (Å²) in [5.41, 5.74) is 0. The molecule has 1 aromatic rings. The number of hydrogen-bond acceptors (Lipinski definition) is 3. The smallest absolute Gasteiger partial charge is 0.105 e. The molecule has 0 amide bonds. The largest absolute Gasteiger partial charge is 0.469 e. The molecule has 108 valence electrons. The molecular weight excluding hydrogens is 236 g/mol. The van der Waals surface area contributed by atoms with Gasteiger partial charge in [0.15, 0.2) is 0 Å². The lowest BCUT2D eigenvalue weighted by atomic mass is 9.85. The summed E-state index contributed by atoms with van der Waals surface area (Å²) in [4.78, 5) is 0. The van der Waals surface area contributed by atoms with Crippen LogP contribution in [0.5, 0.6) is 0 Å². The van der Waals surface area contributed by atoms with Gasteiger partial charge in [-0.3, -0.25) is 0 Å². The SMILES string of the molecule is CC(Cc1ccco1)NCCC(C)C1CCCNC1. The molecule has 0 aromatic carbocycles. The van der Waals surface area contributed by atoms with Gasteiger partial charge in [-0.25, -0.2) is 0 Å². The molecule has 0 radical (unpaired) electrons. The molecule has 2 rings (SSSR count). The highest BCUT2D eigenvalue weighted by Crippen LogP contribution is 2.22. The summed E-state index contributed by atoms with van der Waals surface area (Å²) in [7, 11) is 0. The zero-order valence-electron chi connectivity index (χ0n) is 12.3. The zero-order chi connectivity index (χ0) is 13.5. The van der Waals surface area contributed by atoms with Crippen LogP contribution in [0.3, 0.4) is 0 Å². The number of piperidine rings is 1. The summed E-state index contributed by atoms with van der Waals surface area (Å²) in [6, 6.07) is 4.50. The van der Waals surface area contributed by atoms with Crippen molar-refractivity contribution >= 4 is 0 Å². The Morgan fingerprint density at radius 2 is 2.37 bits per heavy atom. The minimum atomic E-state index is 0.489. The first kappa shape index (κ1) is 14.6. The Hall–Kier alpha value is -0.800. The van der Waals surface area contributed by atoms with E-state index in [2.05, 4.69) is 30.5 Å². The van der Waals surface area contributed by atoms with Gasteiger partial charge in [-0.2, -0.15) is 0 Å². The van der Waals surface area contributed by atoms with Crippen LogP contribution in [-0.4, -0.2) is 25.7 Å². The van der Waals surface area contributed by atoms with Crippen LogP contribution >= 0.6 is 0 Å². The van der Waals surface area contributed by atoms with E-state index < -0.39 is 0 Å². The number of hydrogen-bond donors (Lipinski definition) is 2. The summed E-state index contributed by atoms with van der Waals surface area (Å²) in [5.74, 6) is 2.76. The van der Waals surface area contributed by atoms with E-state index in [1.165, 1.54) is 32.4 Å². The predicted octanol–water partition coefficient (Wildman–Crippen LogP) is 2.83. The van der Waals surface area contributed by atoms with Crippen LogP contribution < -0.4 is 10.6 Å². The van der Waals surface area contributed by atoms with Crippen LogP contribution in [0.25, 0.3) is 0 Å². The zero-order valence-corrected chi connectivity index (χ0v) is 12.3. The fourth-order valence-corrected chi connectivity index (χ4v) is 2.96. The van der Waals surface area contributed by atoms with Gasteiger partial charge in [0, 0.05) is 12.5 Å². The second-order valence-corrected chi connectivity index (χ2v) is 6.01. The van der Waals surface area contributed by atoms with Gasteiger partial charge in [0.05, 0.1) is 6.26 Å². The van der Waals surface area contributed by atoms with Crippen LogP contribution in [0.2, 0.25) is 0 Å². The second kappa shape index (κ2) is 7.71. The molecule has 3 atom stereocenters. The highest BCUT2D eigenvalue weighted by Gasteiger charge is 2.19. The van der Waals surface area contributed by atoms with Crippen molar-refractivity contribution in [2.75, 3.05) is 19.6 Å². The van der Waals surface area contributed by atoms with Crippen LogP contribution in [0.4, 0.5) is 0 Å². The topological polar surface area (TPSA) is 37.2 Å². The van der Waals surface area contributed by atoms with Crippen molar-refractivity contribution in [1.82, 2.24) is 10.6 Å². The van der Waals surface area contributed by atoms with Gasteiger partial charge in [0.2, 0.25) is 0 Å². The van der Waals surface area contributed by atoms with E-state index in [0.717, 1.165) is 30.6 Å². The average Bonchev–Trinajstić information content (AvgIpc) is 2.92. The molecule has 3 unspecified atom stereocenters. The fourth-order valence-electron chi connectivity index (χ4n) is 2.96. The minimum absolute atomic E-state index is 0.489. The van der Waals surface area contributed by atoms with Crippen molar-refractivity contribution in [1.29, 1.82) is 0 Å². The Balaban J connectivity index is 1.59. The summed E-state index contributed by atoms with van der Waals surface area (Å²) in [6.45, 7) is 8.16. The first-order valence-corrected chi connectivity index (χ1v) is 7.72. The molecule has 3 nitrogen and oxygen atoms in total. The van der Waals surface area contributed by atoms with Crippen LogP contribution in [-0.2, 0) is 6.42 Å². The third kappa shape index (κ3) is 5.00. The maximum atomic E-state index is 5.38. The monoisotopic (exact) mass is 264 g/mol. The predicted molar refractivity (Wildman–Crippen MR) is 79.3 cm³/mol. The van der Waals surface area contributed by atoms with Crippen molar-refractivity contribution < 1.29 is 4.42 Å². The third-order valence-electron chi connectivity index (χ3n) is 4.32. The summed E-state index contributed by atoms with van der Waals surface area (Å²) < 4.78 is 5.38. The number of nitrogens with one attached hydrogen (secondary N) is 2. The first-order chi connectivity index (χ1) is 9.25. The van der Waals surface area contributed by atoms with Gasteiger partial charge in [-0.15, -0.1) is 0 Å². The van der Waals surface area contributed by atoms with Crippen molar-refractivity contribution in [2.24, 2.45) is 11.8 Å². The van der Waals surface area contributed by atoms with Crippen molar-refractivity contribution in [3.05, 3.63) is 24.2 Å². The number of rotatable bonds is 7. The van der Waals surface area contributed by atoms with Gasteiger partial charge in [-0.1, -0.05) is 6.92 Å². The quantitative estimate of drug-likeness (QED) is 0.795. The molecule has 1 saturated heterocycles.